The van der Waals surface area contributed by atoms with Gasteiger partial charge in [0.2, 0.25) is 11.2 Å². The molecule has 0 bridgehead atoms. The average molecular weight is 241 g/mol. The molecular formula is C11H15NO5. The molecule has 0 aliphatic heterocycles. The summed E-state index contributed by atoms with van der Waals surface area (Å²) in [5.41, 5.74) is -0.434. The predicted molar refractivity (Wildman–Crippen MR) is 59.7 cm³/mol. The number of amides is 1. The number of ether oxygens (including phenoxy) is 1. The first-order chi connectivity index (χ1) is 8.08. The van der Waals surface area contributed by atoms with Crippen LogP contribution in [-0.4, -0.2) is 23.7 Å². The third kappa shape index (κ3) is 3.60. The molecule has 0 radical (unpaired) electrons. The zero-order valence-corrected chi connectivity index (χ0v) is 9.73. The molecule has 0 fully saturated rings. The fourth-order valence-electron chi connectivity index (χ4n) is 1.17. The van der Waals surface area contributed by atoms with Gasteiger partial charge in [-0.2, -0.15) is 0 Å². The van der Waals surface area contributed by atoms with E-state index in [9.17, 15) is 9.59 Å². The molecule has 1 atom stereocenters. The van der Waals surface area contributed by atoms with E-state index in [-0.39, 0.29) is 24.0 Å². The van der Waals surface area contributed by atoms with Crippen molar-refractivity contribution in [1.82, 2.24) is 5.32 Å². The van der Waals surface area contributed by atoms with E-state index in [1.54, 1.807) is 6.92 Å². The monoisotopic (exact) mass is 241 g/mol. The number of carbonyl (C=O) groups excluding carboxylic acids is 1. The largest absolute Gasteiger partial charge is 0.474 e. The van der Waals surface area contributed by atoms with Gasteiger partial charge in [-0.25, -0.2) is 0 Å². The second kappa shape index (κ2) is 6.05. The maximum atomic E-state index is 11.5. The Balaban J connectivity index is 2.75. The summed E-state index contributed by atoms with van der Waals surface area (Å²) in [5, 5.41) is 11.3. The molecule has 94 valence electrons. The zero-order chi connectivity index (χ0) is 12.8. The molecule has 1 rings (SSSR count). The summed E-state index contributed by atoms with van der Waals surface area (Å²) in [6, 6.07) is 1.12. The van der Waals surface area contributed by atoms with Crippen molar-refractivity contribution in [3.05, 3.63) is 28.3 Å². The Labute approximate surface area is 98.2 Å². The van der Waals surface area contributed by atoms with Crippen molar-refractivity contribution in [3.8, 4) is 5.75 Å². The lowest BCUT2D eigenvalue weighted by molar-refractivity contribution is -0.127. The Morgan fingerprint density at radius 1 is 1.65 bits per heavy atom. The summed E-state index contributed by atoms with van der Waals surface area (Å²) >= 11 is 0. The van der Waals surface area contributed by atoms with Gasteiger partial charge < -0.3 is 19.6 Å². The molecule has 17 heavy (non-hydrogen) atoms. The Bertz CT molecular complexity index is 440. The minimum Gasteiger partial charge on any atom is -0.474 e. The van der Waals surface area contributed by atoms with Gasteiger partial charge in [0.05, 0.1) is 0 Å². The number of carbonyl (C=O) groups is 1. The SMILES string of the molecule is CCNC(=O)C(C)Oc1coc(CO)cc1=O. The van der Waals surface area contributed by atoms with Crippen LogP contribution in [0, 0.1) is 0 Å². The van der Waals surface area contributed by atoms with Crippen molar-refractivity contribution in [1.29, 1.82) is 0 Å². The van der Waals surface area contributed by atoms with Gasteiger partial charge in [0.1, 0.15) is 18.6 Å². The van der Waals surface area contributed by atoms with Crippen molar-refractivity contribution in [2.45, 2.75) is 26.6 Å². The number of aliphatic hydroxyl groups is 1. The Morgan fingerprint density at radius 3 is 2.88 bits per heavy atom. The van der Waals surface area contributed by atoms with Gasteiger partial charge in [0.15, 0.2) is 6.10 Å². The van der Waals surface area contributed by atoms with E-state index in [1.807, 2.05) is 0 Å². The van der Waals surface area contributed by atoms with Gasteiger partial charge >= 0.3 is 0 Å². The topological polar surface area (TPSA) is 88.8 Å². The molecule has 1 heterocycles. The lowest BCUT2D eigenvalue weighted by atomic mass is 10.3. The maximum absolute atomic E-state index is 11.5. The van der Waals surface area contributed by atoms with Crippen molar-refractivity contribution in [3.63, 3.8) is 0 Å². The van der Waals surface area contributed by atoms with Gasteiger partial charge in [-0.05, 0) is 13.8 Å². The summed E-state index contributed by atoms with van der Waals surface area (Å²) in [7, 11) is 0. The number of hydrogen-bond acceptors (Lipinski definition) is 5. The molecule has 0 saturated heterocycles. The van der Waals surface area contributed by atoms with Crippen LogP contribution < -0.4 is 15.5 Å². The smallest absolute Gasteiger partial charge is 0.260 e. The van der Waals surface area contributed by atoms with E-state index < -0.39 is 11.5 Å². The van der Waals surface area contributed by atoms with Gasteiger partial charge in [-0.15, -0.1) is 0 Å². The first-order valence-corrected chi connectivity index (χ1v) is 5.25. The van der Waals surface area contributed by atoms with Crippen LogP contribution in [0.1, 0.15) is 19.6 Å². The number of hydrogen-bond donors (Lipinski definition) is 2. The zero-order valence-electron chi connectivity index (χ0n) is 9.73. The molecule has 1 aromatic heterocycles. The lowest BCUT2D eigenvalue weighted by Crippen LogP contribution is -2.36. The summed E-state index contributed by atoms with van der Waals surface area (Å²) in [6.07, 6.45) is 0.307. The van der Waals surface area contributed by atoms with Gasteiger partial charge in [0, 0.05) is 12.6 Å². The Kier molecular flexibility index (Phi) is 4.71. The molecular weight excluding hydrogens is 226 g/mol. The second-order valence-electron chi connectivity index (χ2n) is 3.39. The molecule has 6 heteroatoms. The van der Waals surface area contributed by atoms with E-state index in [0.717, 1.165) is 12.3 Å². The summed E-state index contributed by atoms with van der Waals surface area (Å²) in [5.74, 6) is -0.216. The van der Waals surface area contributed by atoms with Gasteiger partial charge in [-0.3, -0.25) is 9.59 Å². The van der Waals surface area contributed by atoms with E-state index >= 15 is 0 Å². The quantitative estimate of drug-likeness (QED) is 0.759. The number of nitrogens with one attached hydrogen (secondary N) is 1. The number of rotatable bonds is 5. The third-order valence-electron chi connectivity index (χ3n) is 2.03. The Hall–Kier alpha value is -1.82. The molecule has 0 aliphatic carbocycles. The maximum Gasteiger partial charge on any atom is 0.260 e. The third-order valence-corrected chi connectivity index (χ3v) is 2.03. The van der Waals surface area contributed by atoms with E-state index in [2.05, 4.69) is 5.32 Å². The average Bonchev–Trinajstić information content (AvgIpc) is 2.31. The van der Waals surface area contributed by atoms with Crippen molar-refractivity contribution in [2.75, 3.05) is 6.54 Å². The van der Waals surface area contributed by atoms with Crippen molar-refractivity contribution < 1.29 is 19.1 Å². The summed E-state index contributed by atoms with van der Waals surface area (Å²) in [6.45, 7) is 3.45. The van der Waals surface area contributed by atoms with Gasteiger partial charge in [-0.1, -0.05) is 0 Å². The summed E-state index contributed by atoms with van der Waals surface area (Å²) in [4.78, 5) is 22.9. The number of likely N-dealkylation sites (N-methyl/N-ethyl adjacent to an activating group) is 1. The highest BCUT2D eigenvalue weighted by molar-refractivity contribution is 5.80. The first-order valence-electron chi connectivity index (χ1n) is 5.25. The summed E-state index contributed by atoms with van der Waals surface area (Å²) < 4.78 is 10.1. The highest BCUT2D eigenvalue weighted by Crippen LogP contribution is 2.08. The highest BCUT2D eigenvalue weighted by Gasteiger charge is 2.15. The van der Waals surface area contributed by atoms with Crippen LogP contribution in [0.5, 0.6) is 5.75 Å². The molecule has 6 nitrogen and oxygen atoms in total. The van der Waals surface area contributed by atoms with Crippen LogP contribution in [0.25, 0.3) is 0 Å². The van der Waals surface area contributed by atoms with Crippen LogP contribution in [0.2, 0.25) is 0 Å². The molecule has 1 aromatic rings. The minimum atomic E-state index is -0.780. The van der Waals surface area contributed by atoms with Crippen LogP contribution in [0.4, 0.5) is 0 Å². The van der Waals surface area contributed by atoms with Gasteiger partial charge in [0.25, 0.3) is 5.91 Å². The number of aliphatic hydroxyl groups excluding tert-OH is 1. The minimum absolute atomic E-state index is 0.0547. The molecule has 1 amide bonds. The van der Waals surface area contributed by atoms with Crippen LogP contribution in [0.3, 0.4) is 0 Å². The van der Waals surface area contributed by atoms with Crippen LogP contribution >= 0.6 is 0 Å². The molecule has 0 aliphatic rings. The fraction of sp³-hybridized carbons (Fsp3) is 0.455. The highest BCUT2D eigenvalue weighted by atomic mass is 16.5. The van der Waals surface area contributed by atoms with E-state index in [1.165, 1.54) is 6.92 Å². The fourth-order valence-corrected chi connectivity index (χ4v) is 1.17. The van der Waals surface area contributed by atoms with Crippen LogP contribution in [0.15, 0.2) is 21.5 Å². The molecule has 1 unspecified atom stereocenters. The standard InChI is InChI=1S/C11H15NO5/c1-3-12-11(15)7(2)17-10-6-16-8(5-13)4-9(10)14/h4,6-7,13H,3,5H2,1-2H3,(H,12,15). The predicted octanol–water partition coefficient (Wildman–Crippen LogP) is 0.0355. The molecule has 2 N–H and O–H groups in total. The second-order valence-corrected chi connectivity index (χ2v) is 3.39. The van der Waals surface area contributed by atoms with E-state index in [0.29, 0.717) is 6.54 Å². The molecule has 0 saturated carbocycles. The Morgan fingerprint density at radius 2 is 2.35 bits per heavy atom. The first kappa shape index (κ1) is 13.2. The molecule has 0 spiro atoms. The molecule has 0 aromatic carbocycles. The van der Waals surface area contributed by atoms with E-state index in [4.69, 9.17) is 14.3 Å². The van der Waals surface area contributed by atoms with Crippen molar-refractivity contribution in [2.24, 2.45) is 0 Å². The van der Waals surface area contributed by atoms with Crippen LogP contribution in [-0.2, 0) is 11.4 Å². The lowest BCUT2D eigenvalue weighted by Gasteiger charge is -2.12. The normalized spacial score (nSPS) is 11.9. The van der Waals surface area contributed by atoms with Crippen molar-refractivity contribution >= 4 is 5.91 Å².